The average Bonchev–Trinajstić information content (AvgIpc) is 3.09. The van der Waals surface area contributed by atoms with Crippen molar-refractivity contribution in [3.63, 3.8) is 0 Å². The number of hydrogen-bond donors (Lipinski definition) is 2. The van der Waals surface area contributed by atoms with Crippen LogP contribution in [0.1, 0.15) is 61.0 Å². The molecule has 1 aliphatic carbocycles. The van der Waals surface area contributed by atoms with E-state index in [9.17, 15) is 15.2 Å². The summed E-state index contributed by atoms with van der Waals surface area (Å²) in [5.74, 6) is -1.05. The molecule has 8 nitrogen and oxygen atoms in total. The third-order valence-electron chi connectivity index (χ3n) is 4.83. The Bertz CT molecular complexity index is 790. The van der Waals surface area contributed by atoms with E-state index in [4.69, 9.17) is 4.52 Å². The van der Waals surface area contributed by atoms with Crippen LogP contribution in [0, 0.1) is 24.2 Å². The molecule has 0 spiro atoms. The van der Waals surface area contributed by atoms with Crippen molar-refractivity contribution >= 4 is 11.9 Å². The minimum absolute atomic E-state index is 0.115. The molecule has 2 unspecified atom stereocenters. The normalized spacial score (nSPS) is 17.3. The molecule has 2 aromatic heterocycles. The molecule has 1 fully saturated rings. The van der Waals surface area contributed by atoms with Gasteiger partial charge in [-0.25, -0.2) is 9.97 Å². The number of nitrogens with one attached hydrogen (secondary N) is 1. The summed E-state index contributed by atoms with van der Waals surface area (Å²) >= 11 is 0. The van der Waals surface area contributed by atoms with E-state index in [0.717, 1.165) is 18.4 Å². The summed E-state index contributed by atoms with van der Waals surface area (Å²) in [6.07, 6.45) is 9.38. The first-order valence-electron chi connectivity index (χ1n) is 8.71. The van der Waals surface area contributed by atoms with Crippen LogP contribution in [-0.4, -0.2) is 26.1 Å². The van der Waals surface area contributed by atoms with Crippen LogP contribution >= 0.6 is 0 Å². The number of nitrogens with zero attached hydrogens (tertiary/aromatic N) is 4. The van der Waals surface area contributed by atoms with Crippen LogP contribution in [-0.2, 0) is 4.79 Å². The van der Waals surface area contributed by atoms with Crippen molar-refractivity contribution < 1.29 is 14.4 Å². The van der Waals surface area contributed by atoms with Crippen LogP contribution in [0.25, 0.3) is 0 Å². The van der Waals surface area contributed by atoms with E-state index in [0.29, 0.717) is 17.2 Å². The number of nitriles is 1. The number of anilines is 1. The van der Waals surface area contributed by atoms with Crippen molar-refractivity contribution in [2.24, 2.45) is 5.92 Å². The van der Waals surface area contributed by atoms with Crippen molar-refractivity contribution in [3.8, 4) is 6.07 Å². The number of hydrogen-bond acceptors (Lipinski definition) is 7. The molecule has 0 aliphatic heterocycles. The molecule has 3 rings (SSSR count). The van der Waals surface area contributed by atoms with Gasteiger partial charge in [0.1, 0.15) is 11.9 Å². The van der Waals surface area contributed by atoms with Crippen LogP contribution in [0.2, 0.25) is 0 Å². The maximum atomic E-state index is 12.4. The molecule has 1 amide bonds. The van der Waals surface area contributed by atoms with Crippen molar-refractivity contribution in [1.29, 1.82) is 5.26 Å². The highest BCUT2D eigenvalue weighted by Gasteiger charge is 2.31. The predicted octanol–water partition coefficient (Wildman–Crippen LogP) is 2.63. The van der Waals surface area contributed by atoms with Crippen LogP contribution in [0.4, 0.5) is 5.95 Å². The highest BCUT2D eigenvalue weighted by Crippen LogP contribution is 2.32. The zero-order valence-corrected chi connectivity index (χ0v) is 14.6. The third-order valence-corrected chi connectivity index (χ3v) is 4.83. The molecule has 2 aromatic rings. The molecule has 0 saturated heterocycles. The lowest BCUT2D eigenvalue weighted by Gasteiger charge is -2.21. The van der Waals surface area contributed by atoms with Crippen molar-refractivity contribution in [2.75, 3.05) is 5.32 Å². The van der Waals surface area contributed by atoms with Gasteiger partial charge in [-0.2, -0.15) is 5.26 Å². The van der Waals surface area contributed by atoms with Gasteiger partial charge in [0.25, 0.3) is 0 Å². The third kappa shape index (κ3) is 3.89. The summed E-state index contributed by atoms with van der Waals surface area (Å²) in [6, 6.07) is 1.81. The average molecular weight is 355 g/mol. The van der Waals surface area contributed by atoms with E-state index < -0.39 is 17.9 Å². The number of rotatable bonds is 5. The maximum absolute atomic E-state index is 12.4. The fraction of sp³-hybridized carbons (Fsp3) is 0.500. The first-order valence-corrected chi connectivity index (χ1v) is 8.71. The molecular formula is C18H21N5O3. The number of aromatic nitrogens is 3. The molecule has 26 heavy (non-hydrogen) atoms. The molecular weight excluding hydrogens is 334 g/mol. The lowest BCUT2D eigenvalue weighted by molar-refractivity contribution is -0.121. The molecule has 2 heterocycles. The molecule has 0 bridgehead atoms. The Morgan fingerprint density at radius 1 is 1.31 bits per heavy atom. The Labute approximate surface area is 151 Å². The molecule has 0 radical (unpaired) electrons. The number of aryl methyl sites for hydroxylation is 1. The van der Waals surface area contributed by atoms with Crippen molar-refractivity contribution in [3.05, 3.63) is 35.5 Å². The first kappa shape index (κ1) is 18.0. The summed E-state index contributed by atoms with van der Waals surface area (Å²) in [5, 5.41) is 25.6. The van der Waals surface area contributed by atoms with Gasteiger partial charge in [0, 0.05) is 18.0 Å². The number of carbonyl (C=O) groups excluding carboxylic acids is 1. The lowest BCUT2D eigenvalue weighted by atomic mass is 9.85. The van der Waals surface area contributed by atoms with Gasteiger partial charge in [0.05, 0.1) is 12.3 Å². The molecule has 2 atom stereocenters. The fourth-order valence-electron chi connectivity index (χ4n) is 3.28. The smallest absolute Gasteiger partial charge is 0.247 e. The van der Waals surface area contributed by atoms with Crippen LogP contribution in [0.15, 0.2) is 23.1 Å². The number of aliphatic hydroxyl groups excluding tert-OH is 1. The van der Waals surface area contributed by atoms with E-state index in [1.54, 1.807) is 19.3 Å². The first-order chi connectivity index (χ1) is 12.6. The minimum atomic E-state index is -1.34. The van der Waals surface area contributed by atoms with Gasteiger partial charge in [-0.05, 0) is 31.2 Å². The fourth-order valence-corrected chi connectivity index (χ4v) is 3.28. The number of carbonyl (C=O) groups is 1. The minimum Gasteiger partial charge on any atom is -0.386 e. The molecule has 1 saturated carbocycles. The van der Waals surface area contributed by atoms with Gasteiger partial charge in [-0.15, -0.1) is 0 Å². The Kier molecular flexibility index (Phi) is 5.58. The maximum Gasteiger partial charge on any atom is 0.247 e. The molecule has 8 heteroatoms. The quantitative estimate of drug-likeness (QED) is 0.844. The van der Waals surface area contributed by atoms with Gasteiger partial charge < -0.3 is 9.63 Å². The highest BCUT2D eigenvalue weighted by atomic mass is 16.5. The van der Waals surface area contributed by atoms with E-state index in [1.807, 2.05) is 6.07 Å². The number of aliphatic hydroxyl groups is 1. The van der Waals surface area contributed by atoms with E-state index in [1.165, 1.54) is 25.5 Å². The Balaban J connectivity index is 1.66. The standard InChI is InChI=1S/C18H21N5O3/c1-11-15(10-22-26-11)16(24)14(7-19)17(25)23-18-20-8-13(9-21-18)12-5-3-2-4-6-12/h8-10,12,14,16,24H,2-6H2,1H3,(H,20,21,23,25). The molecule has 136 valence electrons. The molecule has 2 N–H and O–H groups in total. The van der Waals surface area contributed by atoms with E-state index >= 15 is 0 Å². The van der Waals surface area contributed by atoms with Gasteiger partial charge in [-0.3, -0.25) is 10.1 Å². The summed E-state index contributed by atoms with van der Waals surface area (Å²) < 4.78 is 4.87. The SMILES string of the molecule is Cc1oncc1C(O)C(C#N)C(=O)Nc1ncc(C2CCCCC2)cn1. The van der Waals surface area contributed by atoms with Gasteiger partial charge in [0.15, 0.2) is 5.92 Å². The van der Waals surface area contributed by atoms with Crippen LogP contribution in [0.5, 0.6) is 0 Å². The monoisotopic (exact) mass is 355 g/mol. The second kappa shape index (κ2) is 8.06. The second-order valence-electron chi connectivity index (χ2n) is 6.55. The molecule has 1 aliphatic rings. The Hall–Kier alpha value is -2.79. The van der Waals surface area contributed by atoms with Gasteiger partial charge in [0.2, 0.25) is 11.9 Å². The van der Waals surface area contributed by atoms with Crippen molar-refractivity contribution in [2.45, 2.75) is 51.0 Å². The highest BCUT2D eigenvalue weighted by molar-refractivity contribution is 5.93. The van der Waals surface area contributed by atoms with Crippen molar-refractivity contribution in [1.82, 2.24) is 15.1 Å². The Morgan fingerprint density at radius 3 is 2.58 bits per heavy atom. The summed E-state index contributed by atoms with van der Waals surface area (Å²) in [4.78, 5) is 20.7. The van der Waals surface area contributed by atoms with Gasteiger partial charge >= 0.3 is 0 Å². The largest absolute Gasteiger partial charge is 0.386 e. The topological polar surface area (TPSA) is 125 Å². The Morgan fingerprint density at radius 2 is 2.00 bits per heavy atom. The summed E-state index contributed by atoms with van der Waals surface area (Å²) in [7, 11) is 0. The van der Waals surface area contributed by atoms with E-state index in [-0.39, 0.29) is 5.95 Å². The predicted molar refractivity (Wildman–Crippen MR) is 91.8 cm³/mol. The van der Waals surface area contributed by atoms with E-state index in [2.05, 4.69) is 20.4 Å². The zero-order valence-electron chi connectivity index (χ0n) is 14.6. The molecule has 0 aromatic carbocycles. The zero-order chi connectivity index (χ0) is 18.5. The second-order valence-corrected chi connectivity index (χ2v) is 6.55. The number of amides is 1. The summed E-state index contributed by atoms with van der Waals surface area (Å²) in [6.45, 7) is 1.60. The van der Waals surface area contributed by atoms with Crippen LogP contribution in [0.3, 0.4) is 0 Å². The summed E-state index contributed by atoms with van der Waals surface area (Å²) in [5.41, 5.74) is 1.37. The van der Waals surface area contributed by atoms with Crippen LogP contribution < -0.4 is 5.32 Å². The van der Waals surface area contributed by atoms with Gasteiger partial charge in [-0.1, -0.05) is 24.4 Å². The lowest BCUT2D eigenvalue weighted by Crippen LogP contribution is -2.28.